The van der Waals surface area contributed by atoms with Gasteiger partial charge in [-0.25, -0.2) is 0 Å². The molecule has 0 aromatic carbocycles. The van der Waals surface area contributed by atoms with E-state index >= 15 is 0 Å². The van der Waals surface area contributed by atoms with Crippen molar-refractivity contribution >= 4 is 12.3 Å². The Hall–Kier alpha value is -1.38. The zero-order chi connectivity index (χ0) is 13.8. The first-order chi connectivity index (χ1) is 7.81. The number of hydrogen-bond donors (Lipinski definition) is 1. The third-order valence-corrected chi connectivity index (χ3v) is 1.94. The molecule has 0 aromatic rings. The molecule has 98 valence electrons. The molecule has 0 heterocycles. The molecule has 0 fully saturated rings. The van der Waals surface area contributed by atoms with Crippen LogP contribution in [0.1, 0.15) is 47.5 Å². The van der Waals surface area contributed by atoms with Crippen molar-refractivity contribution in [2.24, 2.45) is 5.92 Å². The van der Waals surface area contributed by atoms with Crippen molar-refractivity contribution in [2.75, 3.05) is 0 Å². The van der Waals surface area contributed by atoms with Crippen LogP contribution in [0.2, 0.25) is 0 Å². The maximum atomic E-state index is 10.0. The molecular weight excluding hydrogens is 216 g/mol. The van der Waals surface area contributed by atoms with Crippen LogP contribution in [-0.4, -0.2) is 17.4 Å². The lowest BCUT2D eigenvalue weighted by molar-refractivity contribution is -0.140. The highest BCUT2D eigenvalue weighted by atomic mass is 16.4. The van der Waals surface area contributed by atoms with Crippen LogP contribution >= 0.6 is 0 Å². The summed E-state index contributed by atoms with van der Waals surface area (Å²) in [5.74, 6) is -0.972. The Labute approximate surface area is 104 Å². The monoisotopic (exact) mass is 240 g/mol. The Bertz CT molecular complexity index is 282. The van der Waals surface area contributed by atoms with E-state index in [1.807, 2.05) is 6.92 Å². The Balaban J connectivity index is 0. The van der Waals surface area contributed by atoms with Gasteiger partial charge in [-0.1, -0.05) is 31.1 Å². The molecule has 0 aliphatic carbocycles. The maximum absolute atomic E-state index is 10.0. The lowest BCUT2D eigenvalue weighted by atomic mass is 10.1. The first-order valence-corrected chi connectivity index (χ1v) is 5.78. The number of allylic oxidation sites excluding steroid dienone is 4. The van der Waals surface area contributed by atoms with Crippen LogP contribution < -0.4 is 0 Å². The van der Waals surface area contributed by atoms with E-state index in [4.69, 9.17) is 5.11 Å². The quantitative estimate of drug-likeness (QED) is 0.454. The number of hydrogen-bond acceptors (Lipinski definition) is 2. The number of rotatable bonds is 5. The second kappa shape index (κ2) is 11.1. The molecule has 0 bridgehead atoms. The van der Waals surface area contributed by atoms with Crippen molar-refractivity contribution in [1.29, 1.82) is 0 Å². The van der Waals surface area contributed by atoms with Gasteiger partial charge in [-0.3, -0.25) is 9.59 Å². The molecular formula is C14H24O3. The van der Waals surface area contributed by atoms with Gasteiger partial charge in [0.05, 0.1) is 5.92 Å². The standard InChI is InChI=1S/C10H16O.C4H8O2/c1-9(2)5-4-6-10(3)7-8-11;1-3(2)4(5)6/h5,7-8H,4,6H2,1-3H3;3H,1-2H3,(H,5,6)/b10-7+;. The van der Waals surface area contributed by atoms with Crippen LogP contribution in [0.5, 0.6) is 0 Å². The predicted molar refractivity (Wildman–Crippen MR) is 71.0 cm³/mol. The molecule has 0 aromatic heterocycles. The molecule has 0 unspecified atom stereocenters. The summed E-state index contributed by atoms with van der Waals surface area (Å²) in [6, 6.07) is 0. The van der Waals surface area contributed by atoms with Crippen LogP contribution in [0, 0.1) is 5.92 Å². The summed E-state index contributed by atoms with van der Waals surface area (Å²) in [5, 5.41) is 7.99. The normalized spacial score (nSPS) is 10.4. The summed E-state index contributed by atoms with van der Waals surface area (Å²) in [7, 11) is 0. The third kappa shape index (κ3) is 17.2. The number of carboxylic acids is 1. The van der Waals surface area contributed by atoms with Gasteiger partial charge in [0.2, 0.25) is 0 Å². The van der Waals surface area contributed by atoms with Crippen molar-refractivity contribution in [3.63, 3.8) is 0 Å². The molecule has 3 heteroatoms. The van der Waals surface area contributed by atoms with E-state index in [0.29, 0.717) is 0 Å². The lowest BCUT2D eigenvalue weighted by Crippen LogP contribution is -2.03. The molecule has 0 saturated heterocycles. The molecule has 0 saturated carbocycles. The topological polar surface area (TPSA) is 54.4 Å². The number of carboxylic acid groups (broad SMARTS) is 1. The van der Waals surface area contributed by atoms with Crippen LogP contribution in [0.3, 0.4) is 0 Å². The van der Waals surface area contributed by atoms with Gasteiger partial charge in [-0.2, -0.15) is 0 Å². The van der Waals surface area contributed by atoms with Crippen LogP contribution in [-0.2, 0) is 9.59 Å². The van der Waals surface area contributed by atoms with Crippen molar-refractivity contribution in [3.05, 3.63) is 23.3 Å². The SMILES string of the molecule is CC(C)=CCC/C(C)=C/C=O.CC(C)C(=O)O. The smallest absolute Gasteiger partial charge is 0.305 e. The van der Waals surface area contributed by atoms with Gasteiger partial charge in [-0.05, 0) is 39.7 Å². The van der Waals surface area contributed by atoms with Crippen molar-refractivity contribution in [3.8, 4) is 0 Å². The molecule has 0 aliphatic heterocycles. The zero-order valence-electron chi connectivity index (χ0n) is 11.5. The van der Waals surface area contributed by atoms with E-state index in [0.717, 1.165) is 24.7 Å². The fraction of sp³-hybridized carbons (Fsp3) is 0.571. The Morgan fingerprint density at radius 1 is 1.24 bits per heavy atom. The van der Waals surface area contributed by atoms with E-state index in [2.05, 4.69) is 19.9 Å². The second-order valence-electron chi connectivity index (χ2n) is 4.46. The van der Waals surface area contributed by atoms with Gasteiger partial charge >= 0.3 is 5.97 Å². The van der Waals surface area contributed by atoms with Gasteiger partial charge in [0.15, 0.2) is 0 Å². The summed E-state index contributed by atoms with van der Waals surface area (Å²) in [6.07, 6.45) is 6.68. The zero-order valence-corrected chi connectivity index (χ0v) is 11.5. The molecule has 0 radical (unpaired) electrons. The highest BCUT2D eigenvalue weighted by Crippen LogP contribution is 2.05. The highest BCUT2D eigenvalue weighted by molar-refractivity contribution is 5.68. The molecule has 17 heavy (non-hydrogen) atoms. The molecule has 0 amide bonds. The average molecular weight is 240 g/mol. The summed E-state index contributed by atoms with van der Waals surface area (Å²) in [4.78, 5) is 19.7. The minimum absolute atomic E-state index is 0.231. The summed E-state index contributed by atoms with van der Waals surface area (Å²) < 4.78 is 0. The number of carbonyl (C=O) groups is 2. The van der Waals surface area contributed by atoms with Crippen molar-refractivity contribution in [1.82, 2.24) is 0 Å². The summed E-state index contributed by atoms with van der Waals surface area (Å²) >= 11 is 0. The van der Waals surface area contributed by atoms with Crippen LogP contribution in [0.25, 0.3) is 0 Å². The number of carbonyl (C=O) groups excluding carboxylic acids is 1. The van der Waals surface area contributed by atoms with E-state index in [-0.39, 0.29) is 5.92 Å². The molecule has 1 N–H and O–H groups in total. The average Bonchev–Trinajstić information content (AvgIpc) is 2.18. The highest BCUT2D eigenvalue weighted by Gasteiger charge is 1.99. The van der Waals surface area contributed by atoms with E-state index in [9.17, 15) is 9.59 Å². The Morgan fingerprint density at radius 3 is 2.00 bits per heavy atom. The summed E-state index contributed by atoms with van der Waals surface area (Å²) in [5.41, 5.74) is 2.49. The van der Waals surface area contributed by atoms with Gasteiger partial charge < -0.3 is 5.11 Å². The van der Waals surface area contributed by atoms with Crippen LogP contribution in [0.4, 0.5) is 0 Å². The number of aldehydes is 1. The van der Waals surface area contributed by atoms with Gasteiger partial charge in [-0.15, -0.1) is 0 Å². The largest absolute Gasteiger partial charge is 0.481 e. The predicted octanol–water partition coefficient (Wildman–Crippen LogP) is 3.61. The minimum Gasteiger partial charge on any atom is -0.481 e. The van der Waals surface area contributed by atoms with Gasteiger partial charge in [0.25, 0.3) is 0 Å². The maximum Gasteiger partial charge on any atom is 0.305 e. The van der Waals surface area contributed by atoms with Crippen molar-refractivity contribution < 1.29 is 14.7 Å². The number of aliphatic carboxylic acids is 1. The van der Waals surface area contributed by atoms with E-state index in [1.165, 1.54) is 5.57 Å². The molecule has 0 aliphatic rings. The van der Waals surface area contributed by atoms with E-state index in [1.54, 1.807) is 19.9 Å². The first kappa shape index (κ1) is 18.0. The molecule has 0 rings (SSSR count). The third-order valence-electron chi connectivity index (χ3n) is 1.94. The molecule has 3 nitrogen and oxygen atoms in total. The van der Waals surface area contributed by atoms with E-state index < -0.39 is 5.97 Å². The molecule has 0 atom stereocenters. The fourth-order valence-electron chi connectivity index (χ4n) is 0.788. The van der Waals surface area contributed by atoms with Gasteiger partial charge in [0, 0.05) is 0 Å². The lowest BCUT2D eigenvalue weighted by Gasteiger charge is -1.94. The van der Waals surface area contributed by atoms with Crippen molar-refractivity contribution in [2.45, 2.75) is 47.5 Å². The van der Waals surface area contributed by atoms with Gasteiger partial charge in [0.1, 0.15) is 6.29 Å². The minimum atomic E-state index is -0.741. The first-order valence-electron chi connectivity index (χ1n) is 5.78. The summed E-state index contributed by atoms with van der Waals surface area (Å²) in [6.45, 7) is 9.43. The Kier molecular flexibility index (Phi) is 11.8. The van der Waals surface area contributed by atoms with Crippen LogP contribution in [0.15, 0.2) is 23.3 Å². The Morgan fingerprint density at radius 2 is 1.71 bits per heavy atom. The second-order valence-corrected chi connectivity index (χ2v) is 4.46. The fourth-order valence-corrected chi connectivity index (χ4v) is 0.788. The molecule has 0 spiro atoms.